The number of hydrogen-bond donors (Lipinski definition) is 2. The largest absolute Gasteiger partial charge is 0.477 e. The molecule has 5 heteroatoms. The summed E-state index contributed by atoms with van der Waals surface area (Å²) < 4.78 is 6.97. The van der Waals surface area contributed by atoms with Crippen LogP contribution in [0.25, 0.3) is 0 Å². The van der Waals surface area contributed by atoms with E-state index < -0.39 is 17.1 Å². The number of ether oxygens (including phenoxy) is 1. The van der Waals surface area contributed by atoms with Gasteiger partial charge in [0.25, 0.3) is 5.56 Å². The third-order valence-electron chi connectivity index (χ3n) is 7.79. The van der Waals surface area contributed by atoms with E-state index in [1.165, 1.54) is 0 Å². The van der Waals surface area contributed by atoms with Crippen molar-refractivity contribution in [2.75, 3.05) is 0 Å². The minimum absolute atomic E-state index is 0.0166. The number of nitrogens with one attached hydrogen (secondary N) is 1. The monoisotopic (exact) mass is 478 g/mol. The summed E-state index contributed by atoms with van der Waals surface area (Å²) in [7, 11) is 0. The summed E-state index contributed by atoms with van der Waals surface area (Å²) in [5, 5.41) is 13.1. The quantitative estimate of drug-likeness (QED) is 0.408. The molecule has 1 aliphatic heterocycles. The molecule has 0 bridgehead atoms. The average Bonchev–Trinajstić information content (AvgIpc) is 3.22. The van der Waals surface area contributed by atoms with Gasteiger partial charge >= 0.3 is 0 Å². The Morgan fingerprint density at radius 2 is 1.67 bits per heavy atom. The van der Waals surface area contributed by atoms with Gasteiger partial charge in [0.15, 0.2) is 11.2 Å². The maximum atomic E-state index is 13.8. The van der Waals surface area contributed by atoms with Crippen LogP contribution in [0.5, 0.6) is 5.75 Å². The molecule has 182 valence electrons. The molecule has 0 fully saturated rings. The summed E-state index contributed by atoms with van der Waals surface area (Å²) in [5.74, 6) is 0.593. The first kappa shape index (κ1) is 22.7. The van der Waals surface area contributed by atoms with Crippen LogP contribution in [0.3, 0.4) is 0 Å². The first-order valence-electron chi connectivity index (χ1n) is 12.5. The number of rotatable bonds is 3. The maximum absolute atomic E-state index is 13.8. The normalized spacial score (nSPS) is 23.8. The van der Waals surface area contributed by atoms with Crippen molar-refractivity contribution >= 4 is 0 Å². The predicted molar refractivity (Wildman–Crippen MR) is 140 cm³/mol. The molecule has 36 heavy (non-hydrogen) atoms. The Morgan fingerprint density at radius 3 is 2.33 bits per heavy atom. The molecule has 2 aliphatic rings. The number of aromatic amines is 1. The van der Waals surface area contributed by atoms with E-state index in [4.69, 9.17) is 9.72 Å². The van der Waals surface area contributed by atoms with Gasteiger partial charge in [0.05, 0.1) is 17.2 Å². The third-order valence-corrected chi connectivity index (χ3v) is 7.79. The van der Waals surface area contributed by atoms with Gasteiger partial charge in [-0.2, -0.15) is 0 Å². The Hall–Kier alpha value is -3.70. The number of aromatic nitrogens is 2. The molecule has 1 aromatic heterocycles. The highest BCUT2D eigenvalue weighted by Gasteiger charge is 2.73. The molecule has 0 amide bonds. The molecule has 1 aliphatic carbocycles. The van der Waals surface area contributed by atoms with Crippen molar-refractivity contribution in [3.05, 3.63) is 128 Å². The fraction of sp³-hybridized carbons (Fsp3) is 0.290. The molecular formula is C31H30N2O3. The molecule has 0 saturated carbocycles. The van der Waals surface area contributed by atoms with Gasteiger partial charge in [0.1, 0.15) is 11.6 Å². The number of nitrogens with zero attached hydrogens (tertiary/aromatic N) is 1. The zero-order valence-electron chi connectivity index (χ0n) is 21.2. The second kappa shape index (κ2) is 7.65. The number of hydrogen-bond acceptors (Lipinski definition) is 4. The van der Waals surface area contributed by atoms with Gasteiger partial charge in [-0.1, -0.05) is 80.1 Å². The summed E-state index contributed by atoms with van der Waals surface area (Å²) in [5.41, 5.74) is 3.08. The van der Waals surface area contributed by atoms with Crippen LogP contribution in [0.2, 0.25) is 0 Å². The number of aryl methyl sites for hydroxylation is 3. The van der Waals surface area contributed by atoms with Gasteiger partial charge in [0, 0.05) is 17.0 Å². The highest BCUT2D eigenvalue weighted by Crippen LogP contribution is 2.68. The zero-order valence-corrected chi connectivity index (χ0v) is 21.2. The molecule has 0 spiro atoms. The highest BCUT2D eigenvalue weighted by atomic mass is 16.5. The van der Waals surface area contributed by atoms with Crippen LogP contribution in [0.1, 0.15) is 76.1 Å². The standard InChI is InChI=1S/C31H30N2O3/c1-17(2)28-32-27-24(29(34)33-28)26(21-9-7-6-8-10-21)31(22-13-11-18(3)12-14-22)30(27,35)25-20(5)15-19(4)16-23(25)36-31/h6-17,26,35H,1-5H3,(H,32,33,34)/t26-,30+,31+/m1/s1. The van der Waals surface area contributed by atoms with E-state index in [0.717, 1.165) is 27.8 Å². The summed E-state index contributed by atoms with van der Waals surface area (Å²) in [6.07, 6.45) is 0. The van der Waals surface area contributed by atoms with E-state index >= 15 is 0 Å². The maximum Gasteiger partial charge on any atom is 0.255 e. The number of H-pyrrole nitrogens is 1. The minimum atomic E-state index is -1.66. The second-order valence-corrected chi connectivity index (χ2v) is 10.6. The van der Waals surface area contributed by atoms with Crippen molar-refractivity contribution < 1.29 is 9.84 Å². The lowest BCUT2D eigenvalue weighted by atomic mass is 9.69. The Balaban J connectivity index is 1.81. The Kier molecular flexibility index (Phi) is 4.83. The van der Waals surface area contributed by atoms with Gasteiger partial charge in [-0.05, 0) is 43.5 Å². The fourth-order valence-corrected chi connectivity index (χ4v) is 6.27. The Morgan fingerprint density at radius 1 is 0.972 bits per heavy atom. The molecule has 0 radical (unpaired) electrons. The molecule has 3 atom stereocenters. The van der Waals surface area contributed by atoms with E-state index in [1.54, 1.807) is 0 Å². The van der Waals surface area contributed by atoms with E-state index in [2.05, 4.69) is 11.1 Å². The summed E-state index contributed by atoms with van der Waals surface area (Å²) in [6, 6.07) is 22.0. The van der Waals surface area contributed by atoms with Crippen LogP contribution in [0.4, 0.5) is 0 Å². The van der Waals surface area contributed by atoms with Crippen molar-refractivity contribution in [3.63, 3.8) is 0 Å². The lowest BCUT2D eigenvalue weighted by Gasteiger charge is -2.40. The van der Waals surface area contributed by atoms with Crippen molar-refractivity contribution in [2.24, 2.45) is 0 Å². The Labute approximate surface area is 210 Å². The van der Waals surface area contributed by atoms with Crippen molar-refractivity contribution in [1.29, 1.82) is 0 Å². The Bertz CT molecular complexity index is 1560. The summed E-state index contributed by atoms with van der Waals surface area (Å²) in [6.45, 7) is 10.0. The molecule has 0 unspecified atom stereocenters. The van der Waals surface area contributed by atoms with Crippen LogP contribution in [-0.2, 0) is 11.2 Å². The van der Waals surface area contributed by atoms with Crippen LogP contribution in [0, 0.1) is 20.8 Å². The summed E-state index contributed by atoms with van der Waals surface area (Å²) >= 11 is 0. The lowest BCUT2D eigenvalue weighted by Crippen LogP contribution is -2.49. The van der Waals surface area contributed by atoms with E-state index in [0.29, 0.717) is 28.4 Å². The second-order valence-electron chi connectivity index (χ2n) is 10.6. The van der Waals surface area contributed by atoms with E-state index in [9.17, 15) is 9.90 Å². The predicted octanol–water partition coefficient (Wildman–Crippen LogP) is 5.49. The molecule has 2 N–H and O–H groups in total. The first-order valence-corrected chi connectivity index (χ1v) is 12.5. The molecule has 6 rings (SSSR count). The SMILES string of the molecule is Cc1ccc([C@@]23Oc4cc(C)cc(C)c4[C@]2(O)c2nc(C(C)C)[nH]c(=O)c2[C@H]3c2ccccc2)cc1. The van der Waals surface area contributed by atoms with E-state index in [1.807, 2.05) is 95.3 Å². The third kappa shape index (κ3) is 2.80. The topological polar surface area (TPSA) is 75.2 Å². The van der Waals surface area contributed by atoms with Gasteiger partial charge in [-0.25, -0.2) is 4.98 Å². The number of benzene rings is 3. The minimum Gasteiger partial charge on any atom is -0.477 e. The zero-order chi connectivity index (χ0) is 25.4. The van der Waals surface area contributed by atoms with Gasteiger partial charge in [0.2, 0.25) is 0 Å². The average molecular weight is 479 g/mol. The smallest absolute Gasteiger partial charge is 0.255 e. The number of aliphatic hydroxyl groups is 1. The summed E-state index contributed by atoms with van der Waals surface area (Å²) in [4.78, 5) is 21.8. The van der Waals surface area contributed by atoms with Crippen LogP contribution < -0.4 is 10.3 Å². The van der Waals surface area contributed by atoms with E-state index in [-0.39, 0.29) is 11.5 Å². The van der Waals surface area contributed by atoms with Gasteiger partial charge < -0.3 is 14.8 Å². The van der Waals surface area contributed by atoms with Gasteiger partial charge in [-0.3, -0.25) is 4.79 Å². The van der Waals surface area contributed by atoms with Crippen molar-refractivity contribution in [2.45, 2.75) is 57.7 Å². The molecule has 5 nitrogen and oxygen atoms in total. The molecule has 4 aromatic rings. The van der Waals surface area contributed by atoms with Gasteiger partial charge in [-0.15, -0.1) is 0 Å². The molecular weight excluding hydrogens is 448 g/mol. The van der Waals surface area contributed by atoms with Crippen LogP contribution in [0.15, 0.2) is 71.5 Å². The lowest BCUT2D eigenvalue weighted by molar-refractivity contribution is -0.0907. The number of fused-ring (bicyclic) bond motifs is 5. The van der Waals surface area contributed by atoms with Crippen molar-refractivity contribution in [1.82, 2.24) is 9.97 Å². The van der Waals surface area contributed by atoms with Crippen LogP contribution in [-0.4, -0.2) is 15.1 Å². The highest BCUT2D eigenvalue weighted by molar-refractivity contribution is 5.66. The van der Waals surface area contributed by atoms with Crippen LogP contribution >= 0.6 is 0 Å². The molecule has 0 saturated heterocycles. The molecule has 2 heterocycles. The first-order chi connectivity index (χ1) is 17.2. The van der Waals surface area contributed by atoms with Crippen molar-refractivity contribution in [3.8, 4) is 5.75 Å². The molecule has 3 aromatic carbocycles. The fourth-order valence-electron chi connectivity index (χ4n) is 6.27.